The Labute approximate surface area is 184 Å². The van der Waals surface area contributed by atoms with E-state index in [-0.39, 0.29) is 22.0 Å². The minimum absolute atomic E-state index is 0.185. The first-order valence-electron chi connectivity index (χ1n) is 9.86. The third-order valence-corrected chi connectivity index (χ3v) is 5.76. The number of hydrogen-bond acceptors (Lipinski definition) is 3. The van der Waals surface area contributed by atoms with Crippen molar-refractivity contribution in [1.82, 2.24) is 14.0 Å². The highest BCUT2D eigenvalue weighted by Gasteiger charge is 2.28. The lowest BCUT2D eigenvalue weighted by Crippen LogP contribution is -2.45. The third-order valence-electron chi connectivity index (χ3n) is 5.20. The van der Waals surface area contributed by atoms with Crippen LogP contribution in [0.1, 0.15) is 33.2 Å². The van der Waals surface area contributed by atoms with Gasteiger partial charge in [0.25, 0.3) is 5.56 Å². The number of carbonyl (C=O) groups excluding carboxylic acids is 1. The predicted octanol–water partition coefficient (Wildman–Crippen LogP) is 4.28. The molecule has 0 saturated carbocycles. The van der Waals surface area contributed by atoms with E-state index in [0.29, 0.717) is 30.0 Å². The Balaban J connectivity index is 2.45. The molecule has 1 aromatic heterocycles. The van der Waals surface area contributed by atoms with Gasteiger partial charge in [-0.2, -0.15) is 0 Å². The molecule has 30 heavy (non-hydrogen) atoms. The number of nitrogens with zero attached hydrogens (tertiary/aromatic N) is 3. The third kappa shape index (κ3) is 3.77. The van der Waals surface area contributed by atoms with Gasteiger partial charge in [-0.05, 0) is 50.6 Å². The van der Waals surface area contributed by atoms with Gasteiger partial charge in [0.15, 0.2) is 0 Å². The molecule has 0 aliphatic heterocycles. The number of halogens is 2. The van der Waals surface area contributed by atoms with Crippen LogP contribution in [-0.2, 0) is 4.79 Å². The Bertz CT molecular complexity index is 1210. The van der Waals surface area contributed by atoms with E-state index in [4.69, 9.17) is 23.2 Å². The standard InChI is InChI=1S/C22H23Cl2N3O3/c1-4-17(21(29)25(5-2)6-3)26-19-13-14(23)11-12-15(19)20(28)27(22(26)30)18-10-8-7-9-16(18)24/h7-13,17H,4-6H2,1-3H3. The van der Waals surface area contributed by atoms with E-state index in [2.05, 4.69) is 0 Å². The second-order valence-corrected chi connectivity index (χ2v) is 7.68. The van der Waals surface area contributed by atoms with Gasteiger partial charge in [-0.25, -0.2) is 9.36 Å². The number of carbonyl (C=O) groups is 1. The van der Waals surface area contributed by atoms with Crippen LogP contribution in [-0.4, -0.2) is 33.0 Å². The highest BCUT2D eigenvalue weighted by molar-refractivity contribution is 6.32. The van der Waals surface area contributed by atoms with Crippen LogP contribution >= 0.6 is 23.2 Å². The van der Waals surface area contributed by atoms with Crippen molar-refractivity contribution in [1.29, 1.82) is 0 Å². The minimum Gasteiger partial charge on any atom is -0.341 e. The number of rotatable bonds is 6. The normalized spacial score (nSPS) is 12.2. The van der Waals surface area contributed by atoms with Gasteiger partial charge in [0.2, 0.25) is 5.91 Å². The summed E-state index contributed by atoms with van der Waals surface area (Å²) in [4.78, 5) is 41.8. The molecule has 1 unspecified atom stereocenters. The van der Waals surface area contributed by atoms with Gasteiger partial charge in [-0.3, -0.25) is 14.2 Å². The average Bonchev–Trinajstić information content (AvgIpc) is 2.73. The largest absolute Gasteiger partial charge is 0.341 e. The van der Waals surface area contributed by atoms with Crippen molar-refractivity contribution >= 4 is 40.0 Å². The van der Waals surface area contributed by atoms with Crippen LogP contribution in [0.25, 0.3) is 16.6 Å². The highest BCUT2D eigenvalue weighted by atomic mass is 35.5. The van der Waals surface area contributed by atoms with Crippen molar-refractivity contribution < 1.29 is 4.79 Å². The highest BCUT2D eigenvalue weighted by Crippen LogP contribution is 2.24. The van der Waals surface area contributed by atoms with Crippen LogP contribution in [0.3, 0.4) is 0 Å². The first kappa shape index (κ1) is 22.1. The Morgan fingerprint density at radius 1 is 1.03 bits per heavy atom. The molecule has 158 valence electrons. The van der Waals surface area contributed by atoms with E-state index in [1.807, 2.05) is 20.8 Å². The molecule has 0 N–H and O–H groups in total. The SMILES string of the molecule is CCC(C(=O)N(CC)CC)n1c(=O)n(-c2ccccc2Cl)c(=O)c2ccc(Cl)cc21. The van der Waals surface area contributed by atoms with Gasteiger partial charge in [-0.1, -0.05) is 42.3 Å². The molecular formula is C22H23Cl2N3O3. The second kappa shape index (κ2) is 9.06. The lowest BCUT2D eigenvalue weighted by molar-refractivity contribution is -0.134. The fourth-order valence-corrected chi connectivity index (χ4v) is 4.05. The number of benzene rings is 2. The quantitative estimate of drug-likeness (QED) is 0.566. The summed E-state index contributed by atoms with van der Waals surface area (Å²) in [6.45, 7) is 6.64. The molecular weight excluding hydrogens is 425 g/mol. The molecule has 1 atom stereocenters. The summed E-state index contributed by atoms with van der Waals surface area (Å²) >= 11 is 12.5. The van der Waals surface area contributed by atoms with Crippen LogP contribution in [0, 0.1) is 0 Å². The first-order chi connectivity index (χ1) is 14.3. The fourth-order valence-electron chi connectivity index (χ4n) is 3.66. The number of likely N-dealkylation sites (N-methyl/N-ethyl adjacent to an activating group) is 1. The molecule has 1 heterocycles. The van der Waals surface area contributed by atoms with Crippen LogP contribution in [0.2, 0.25) is 10.0 Å². The number of hydrogen-bond donors (Lipinski definition) is 0. The smallest absolute Gasteiger partial charge is 0.336 e. The van der Waals surface area contributed by atoms with Gasteiger partial charge in [-0.15, -0.1) is 0 Å². The van der Waals surface area contributed by atoms with Crippen LogP contribution in [0.5, 0.6) is 0 Å². The Hall–Kier alpha value is -2.57. The number of fused-ring (bicyclic) bond motifs is 1. The van der Waals surface area contributed by atoms with Gasteiger partial charge < -0.3 is 4.90 Å². The molecule has 0 saturated heterocycles. The monoisotopic (exact) mass is 447 g/mol. The first-order valence-corrected chi connectivity index (χ1v) is 10.6. The van der Waals surface area contributed by atoms with Crippen LogP contribution in [0.4, 0.5) is 0 Å². The Morgan fingerprint density at radius 2 is 1.70 bits per heavy atom. The fraction of sp³-hybridized carbons (Fsp3) is 0.318. The van der Waals surface area contributed by atoms with Crippen molar-refractivity contribution in [2.45, 2.75) is 33.2 Å². The summed E-state index contributed by atoms with van der Waals surface area (Å²) in [7, 11) is 0. The van der Waals surface area contributed by atoms with Crippen molar-refractivity contribution in [3.8, 4) is 5.69 Å². The zero-order valence-electron chi connectivity index (χ0n) is 17.1. The molecule has 6 nitrogen and oxygen atoms in total. The molecule has 0 aliphatic rings. The molecule has 0 bridgehead atoms. The second-order valence-electron chi connectivity index (χ2n) is 6.84. The summed E-state index contributed by atoms with van der Waals surface area (Å²) < 4.78 is 2.39. The zero-order chi connectivity index (χ0) is 22.0. The van der Waals surface area contributed by atoms with Gasteiger partial charge in [0, 0.05) is 18.1 Å². The van der Waals surface area contributed by atoms with Crippen molar-refractivity contribution in [2.24, 2.45) is 0 Å². The molecule has 2 aromatic carbocycles. The maximum atomic E-state index is 13.6. The minimum atomic E-state index is -0.785. The average molecular weight is 448 g/mol. The zero-order valence-corrected chi connectivity index (χ0v) is 18.6. The molecule has 0 radical (unpaired) electrons. The molecule has 0 spiro atoms. The Kier molecular flexibility index (Phi) is 6.68. The van der Waals surface area contributed by atoms with E-state index in [1.54, 1.807) is 47.4 Å². The van der Waals surface area contributed by atoms with E-state index < -0.39 is 17.3 Å². The number of amides is 1. The maximum Gasteiger partial charge on any atom is 0.336 e. The molecule has 0 fully saturated rings. The molecule has 3 aromatic rings. The molecule has 1 amide bonds. The van der Waals surface area contributed by atoms with Crippen LogP contribution < -0.4 is 11.2 Å². The summed E-state index contributed by atoms with van der Waals surface area (Å²) in [6, 6.07) is 10.5. The summed E-state index contributed by atoms with van der Waals surface area (Å²) in [5, 5.41) is 0.917. The Morgan fingerprint density at radius 3 is 2.30 bits per heavy atom. The number of aromatic nitrogens is 2. The maximum absolute atomic E-state index is 13.6. The van der Waals surface area contributed by atoms with Crippen molar-refractivity contribution in [3.63, 3.8) is 0 Å². The van der Waals surface area contributed by atoms with Gasteiger partial charge in [0.1, 0.15) is 6.04 Å². The van der Waals surface area contributed by atoms with Crippen LogP contribution in [0.15, 0.2) is 52.1 Å². The topological polar surface area (TPSA) is 64.3 Å². The lowest BCUT2D eigenvalue weighted by Gasteiger charge is -2.27. The van der Waals surface area contributed by atoms with E-state index in [1.165, 1.54) is 4.57 Å². The van der Waals surface area contributed by atoms with E-state index in [0.717, 1.165) is 4.57 Å². The van der Waals surface area contributed by atoms with Crippen molar-refractivity contribution in [2.75, 3.05) is 13.1 Å². The van der Waals surface area contributed by atoms with Gasteiger partial charge in [0.05, 0.1) is 21.6 Å². The molecule has 0 aliphatic carbocycles. The summed E-state index contributed by atoms with van der Waals surface area (Å²) in [5.74, 6) is -0.185. The summed E-state index contributed by atoms with van der Waals surface area (Å²) in [5.41, 5.74) is -0.547. The van der Waals surface area contributed by atoms with E-state index >= 15 is 0 Å². The molecule has 8 heteroatoms. The van der Waals surface area contributed by atoms with Gasteiger partial charge >= 0.3 is 5.69 Å². The lowest BCUT2D eigenvalue weighted by atomic mass is 10.1. The van der Waals surface area contributed by atoms with Crippen molar-refractivity contribution in [3.05, 3.63) is 73.3 Å². The van der Waals surface area contributed by atoms with E-state index in [9.17, 15) is 14.4 Å². The molecule has 3 rings (SSSR count). The predicted molar refractivity (Wildman–Crippen MR) is 121 cm³/mol. The summed E-state index contributed by atoms with van der Waals surface area (Å²) in [6.07, 6.45) is 0.373. The number of para-hydroxylation sites is 1.